The molecule has 0 saturated heterocycles. The molecule has 50 valence electrons. The Bertz CT molecular complexity index is 54.7. The van der Waals surface area contributed by atoms with Crippen LogP contribution in [0.4, 0.5) is 4.79 Å². The summed E-state index contributed by atoms with van der Waals surface area (Å²) in [5.41, 5.74) is 8.50. The fraction of sp³-hybridized carbons (Fsp3) is 0.800. The molecule has 0 unspecified atom stereocenters. The van der Waals surface area contributed by atoms with Gasteiger partial charge in [-0.25, -0.2) is 4.79 Å². The number of hydrogen-bond acceptors (Lipinski definition) is 1. The van der Waals surface area contributed by atoms with Gasteiger partial charge in [0.1, 0.15) is 0 Å². The van der Waals surface area contributed by atoms with Crippen molar-refractivity contribution in [2.45, 2.75) is 20.8 Å². The number of urea groups is 1. The molecule has 0 aromatic heterocycles. The zero-order valence-electron chi connectivity index (χ0n) is 5.64. The van der Waals surface area contributed by atoms with Gasteiger partial charge in [0, 0.05) is 0 Å². The second-order valence-corrected chi connectivity index (χ2v) is 2.13. The average Bonchev–Trinajstić information content (AvgIpc) is 1.25. The monoisotopic (exact) mass is 118 g/mol. The van der Waals surface area contributed by atoms with Gasteiger partial charge in [-0.15, -0.1) is 0 Å². The summed E-state index contributed by atoms with van der Waals surface area (Å²) in [7, 11) is 0. The highest BCUT2D eigenvalue weighted by Crippen LogP contribution is 1.81. The first-order chi connectivity index (χ1) is 3.46. The first-order valence-electron chi connectivity index (χ1n) is 2.51. The molecular formula is C5H14N2O. The van der Waals surface area contributed by atoms with E-state index < -0.39 is 6.03 Å². The minimum absolute atomic E-state index is 0.833. The molecule has 0 rings (SSSR count). The lowest BCUT2D eigenvalue weighted by molar-refractivity contribution is 0.256. The third kappa shape index (κ3) is 180. The fourth-order valence-electron chi connectivity index (χ4n) is 0. The van der Waals surface area contributed by atoms with Crippen LogP contribution in [0.25, 0.3) is 0 Å². The number of carbonyl (C=O) groups excluding carboxylic acids is 1. The molecule has 0 fully saturated rings. The lowest BCUT2D eigenvalue weighted by Gasteiger charge is -1.79. The number of primary amides is 2. The van der Waals surface area contributed by atoms with Crippen molar-refractivity contribution in [1.82, 2.24) is 0 Å². The van der Waals surface area contributed by atoms with Crippen molar-refractivity contribution in [2.75, 3.05) is 0 Å². The molecule has 0 radical (unpaired) electrons. The lowest BCUT2D eigenvalue weighted by atomic mass is 10.3. The molecule has 0 heterocycles. The minimum Gasteiger partial charge on any atom is -0.352 e. The summed E-state index contributed by atoms with van der Waals surface area (Å²) in [6, 6.07) is -0.833. The highest BCUT2D eigenvalue weighted by molar-refractivity contribution is 5.69. The second-order valence-electron chi connectivity index (χ2n) is 2.13. The summed E-state index contributed by atoms with van der Waals surface area (Å²) >= 11 is 0. The van der Waals surface area contributed by atoms with Crippen LogP contribution in [0.5, 0.6) is 0 Å². The third-order valence-corrected chi connectivity index (χ3v) is 0. The zero-order chi connectivity index (χ0) is 7.15. The van der Waals surface area contributed by atoms with E-state index in [0.717, 1.165) is 5.92 Å². The maximum atomic E-state index is 9.00. The Morgan fingerprint density at radius 2 is 1.25 bits per heavy atom. The van der Waals surface area contributed by atoms with Gasteiger partial charge >= 0.3 is 6.03 Å². The van der Waals surface area contributed by atoms with E-state index in [4.69, 9.17) is 4.79 Å². The smallest absolute Gasteiger partial charge is 0.309 e. The number of hydrogen-bond donors (Lipinski definition) is 2. The predicted molar refractivity (Wildman–Crippen MR) is 34.3 cm³/mol. The molecule has 0 aromatic rings. The van der Waals surface area contributed by atoms with Crippen LogP contribution in [0, 0.1) is 5.92 Å². The number of nitrogens with two attached hydrogens (primary N) is 2. The van der Waals surface area contributed by atoms with Crippen molar-refractivity contribution in [2.24, 2.45) is 17.4 Å². The normalized spacial score (nSPS) is 7.50. The molecule has 0 aliphatic heterocycles. The van der Waals surface area contributed by atoms with E-state index in [0.29, 0.717) is 0 Å². The summed E-state index contributed by atoms with van der Waals surface area (Å²) in [6.07, 6.45) is 0. The fourth-order valence-corrected chi connectivity index (χ4v) is 0. The van der Waals surface area contributed by atoms with Crippen molar-refractivity contribution in [1.29, 1.82) is 0 Å². The van der Waals surface area contributed by atoms with Gasteiger partial charge in [0.15, 0.2) is 0 Å². The summed E-state index contributed by atoms with van der Waals surface area (Å²) in [5, 5.41) is 0. The van der Waals surface area contributed by atoms with Gasteiger partial charge in [0.25, 0.3) is 0 Å². The summed E-state index contributed by atoms with van der Waals surface area (Å²) in [4.78, 5) is 9.00. The summed E-state index contributed by atoms with van der Waals surface area (Å²) < 4.78 is 0. The van der Waals surface area contributed by atoms with E-state index in [9.17, 15) is 0 Å². The van der Waals surface area contributed by atoms with Crippen molar-refractivity contribution < 1.29 is 4.79 Å². The molecule has 4 N–H and O–H groups in total. The van der Waals surface area contributed by atoms with Crippen LogP contribution in [-0.2, 0) is 0 Å². The van der Waals surface area contributed by atoms with Crippen LogP contribution in [-0.4, -0.2) is 6.03 Å². The quantitative estimate of drug-likeness (QED) is 0.482. The minimum atomic E-state index is -0.833. The lowest BCUT2D eigenvalue weighted by Crippen LogP contribution is -2.18. The number of rotatable bonds is 0. The van der Waals surface area contributed by atoms with Gasteiger partial charge < -0.3 is 11.5 Å². The van der Waals surface area contributed by atoms with Gasteiger partial charge in [-0.2, -0.15) is 0 Å². The van der Waals surface area contributed by atoms with E-state index in [1.165, 1.54) is 0 Å². The van der Waals surface area contributed by atoms with Crippen molar-refractivity contribution in [3.63, 3.8) is 0 Å². The van der Waals surface area contributed by atoms with E-state index >= 15 is 0 Å². The maximum absolute atomic E-state index is 9.00. The van der Waals surface area contributed by atoms with Gasteiger partial charge in [-0.05, 0) is 5.92 Å². The van der Waals surface area contributed by atoms with Crippen LogP contribution in [0.15, 0.2) is 0 Å². The molecule has 0 aliphatic carbocycles. The molecule has 0 atom stereocenters. The first kappa shape index (κ1) is 10.3. The molecule has 0 aliphatic rings. The van der Waals surface area contributed by atoms with Gasteiger partial charge in [0.05, 0.1) is 0 Å². The molecule has 3 nitrogen and oxygen atoms in total. The van der Waals surface area contributed by atoms with E-state index in [1.807, 2.05) is 0 Å². The average molecular weight is 118 g/mol. The molecule has 0 saturated carbocycles. The first-order valence-corrected chi connectivity index (χ1v) is 2.51. The largest absolute Gasteiger partial charge is 0.352 e. The highest BCUT2D eigenvalue weighted by Gasteiger charge is 1.68. The van der Waals surface area contributed by atoms with E-state index in [-0.39, 0.29) is 0 Å². The van der Waals surface area contributed by atoms with Gasteiger partial charge in [-0.1, -0.05) is 20.8 Å². The van der Waals surface area contributed by atoms with Gasteiger partial charge in [0.2, 0.25) is 0 Å². The predicted octanol–water partition coefficient (Wildman–Crippen LogP) is 0.686. The molecular weight excluding hydrogens is 104 g/mol. The van der Waals surface area contributed by atoms with Crippen LogP contribution in [0.1, 0.15) is 20.8 Å². The van der Waals surface area contributed by atoms with E-state index in [1.54, 1.807) is 0 Å². The zero-order valence-corrected chi connectivity index (χ0v) is 5.64. The standard InChI is InChI=1S/C4H10.CH4N2O/c1-4(2)3;2-1(3)4/h4H,1-3H3;(H4,2,3,4). The summed E-state index contributed by atoms with van der Waals surface area (Å²) in [6.45, 7) is 6.50. The molecule has 0 bridgehead atoms. The Labute approximate surface area is 50.0 Å². The molecule has 0 spiro atoms. The second kappa shape index (κ2) is 6.27. The van der Waals surface area contributed by atoms with Crippen LogP contribution in [0.3, 0.4) is 0 Å². The Hall–Kier alpha value is -0.730. The topological polar surface area (TPSA) is 69.1 Å². The van der Waals surface area contributed by atoms with Crippen LogP contribution < -0.4 is 11.5 Å². The molecule has 8 heavy (non-hydrogen) atoms. The Balaban J connectivity index is 0. The molecule has 3 heteroatoms. The van der Waals surface area contributed by atoms with Gasteiger partial charge in [-0.3, -0.25) is 0 Å². The summed E-state index contributed by atoms with van der Waals surface area (Å²) in [5.74, 6) is 0.833. The van der Waals surface area contributed by atoms with Crippen molar-refractivity contribution in [3.8, 4) is 0 Å². The number of amides is 2. The van der Waals surface area contributed by atoms with E-state index in [2.05, 4.69) is 32.2 Å². The third-order valence-electron chi connectivity index (χ3n) is 0. The Morgan fingerprint density at radius 1 is 1.25 bits per heavy atom. The van der Waals surface area contributed by atoms with Crippen molar-refractivity contribution in [3.05, 3.63) is 0 Å². The SMILES string of the molecule is CC(C)C.NC(N)=O. The van der Waals surface area contributed by atoms with Crippen molar-refractivity contribution >= 4 is 6.03 Å². The molecule has 0 aromatic carbocycles. The number of carbonyl (C=O) groups is 1. The van der Waals surface area contributed by atoms with Crippen LogP contribution in [0.2, 0.25) is 0 Å². The highest BCUT2D eigenvalue weighted by atomic mass is 16.2. The Morgan fingerprint density at radius 3 is 1.25 bits per heavy atom. The Kier molecular flexibility index (Phi) is 8.07. The molecule has 2 amide bonds. The maximum Gasteiger partial charge on any atom is 0.309 e. The van der Waals surface area contributed by atoms with Crippen LogP contribution >= 0.6 is 0 Å².